The molecule has 2 nitrogen and oxygen atoms in total. The van der Waals surface area contributed by atoms with Gasteiger partial charge in [0.15, 0.2) is 0 Å². The van der Waals surface area contributed by atoms with Crippen LogP contribution in [-0.2, 0) is 0 Å². The third-order valence-corrected chi connectivity index (χ3v) is 4.76. The van der Waals surface area contributed by atoms with Gasteiger partial charge in [0.05, 0.1) is 6.04 Å². The molecule has 0 saturated carbocycles. The summed E-state index contributed by atoms with van der Waals surface area (Å²) >= 11 is 1.77. The molecular formula is C16H16N2S. The van der Waals surface area contributed by atoms with Gasteiger partial charge in [0.2, 0.25) is 0 Å². The van der Waals surface area contributed by atoms with Crippen molar-refractivity contribution >= 4 is 22.1 Å². The fraction of sp³-hybridized carbons (Fsp3) is 0.188. The molecule has 2 N–H and O–H groups in total. The highest BCUT2D eigenvalue weighted by Crippen LogP contribution is 2.32. The molecule has 1 unspecified atom stereocenters. The summed E-state index contributed by atoms with van der Waals surface area (Å²) in [5, 5.41) is 2.33. The molecule has 0 saturated heterocycles. The lowest BCUT2D eigenvalue weighted by Crippen LogP contribution is -2.11. The molecule has 96 valence electrons. The molecule has 0 bridgehead atoms. The van der Waals surface area contributed by atoms with Crippen LogP contribution in [0.1, 0.15) is 26.9 Å². The first-order valence-corrected chi connectivity index (χ1v) is 7.13. The average Bonchev–Trinajstić information content (AvgIpc) is 2.77. The van der Waals surface area contributed by atoms with Gasteiger partial charge in [-0.1, -0.05) is 24.3 Å². The Labute approximate surface area is 116 Å². The molecule has 2 heterocycles. The second kappa shape index (κ2) is 4.76. The fourth-order valence-electron chi connectivity index (χ4n) is 2.30. The number of pyridine rings is 1. The monoisotopic (exact) mass is 268 g/mol. The Kier molecular flexibility index (Phi) is 3.09. The van der Waals surface area contributed by atoms with Gasteiger partial charge in [-0.15, -0.1) is 11.3 Å². The Morgan fingerprint density at radius 1 is 1.16 bits per heavy atom. The van der Waals surface area contributed by atoms with E-state index in [2.05, 4.69) is 37.0 Å². The highest BCUT2D eigenvalue weighted by atomic mass is 32.1. The molecule has 1 aromatic carbocycles. The predicted molar refractivity (Wildman–Crippen MR) is 81.6 cm³/mol. The molecule has 0 aliphatic carbocycles. The Balaban J connectivity index is 2.13. The molecule has 0 radical (unpaired) electrons. The van der Waals surface area contributed by atoms with Gasteiger partial charge in [-0.25, -0.2) is 0 Å². The van der Waals surface area contributed by atoms with Crippen LogP contribution >= 0.6 is 11.3 Å². The Hall–Kier alpha value is -1.71. The van der Waals surface area contributed by atoms with Crippen molar-refractivity contribution in [2.24, 2.45) is 5.73 Å². The van der Waals surface area contributed by atoms with Crippen LogP contribution in [0.5, 0.6) is 0 Å². The number of thiophene rings is 1. The largest absolute Gasteiger partial charge is 0.320 e. The number of nitrogens with zero attached hydrogens (tertiary/aromatic N) is 1. The quantitative estimate of drug-likeness (QED) is 0.764. The summed E-state index contributed by atoms with van der Waals surface area (Å²) in [5.74, 6) is 0. The van der Waals surface area contributed by atoms with E-state index in [-0.39, 0.29) is 6.04 Å². The van der Waals surface area contributed by atoms with E-state index in [0.29, 0.717) is 0 Å². The minimum absolute atomic E-state index is 0.101. The summed E-state index contributed by atoms with van der Waals surface area (Å²) < 4.78 is 0. The van der Waals surface area contributed by atoms with E-state index in [4.69, 9.17) is 5.73 Å². The third kappa shape index (κ3) is 2.15. The Morgan fingerprint density at radius 2 is 1.95 bits per heavy atom. The van der Waals surface area contributed by atoms with E-state index >= 15 is 0 Å². The van der Waals surface area contributed by atoms with E-state index in [0.717, 1.165) is 10.9 Å². The van der Waals surface area contributed by atoms with Gasteiger partial charge in [-0.2, -0.15) is 0 Å². The standard InChI is InChI=1S/C16H16N2S/c1-10-7-15(19-11(10)2)16(17)14-9-18-8-12-5-3-4-6-13(12)14/h3-9,16H,17H2,1-2H3. The molecule has 0 spiro atoms. The van der Waals surface area contributed by atoms with Crippen LogP contribution < -0.4 is 5.73 Å². The zero-order chi connectivity index (χ0) is 13.4. The summed E-state index contributed by atoms with van der Waals surface area (Å²) in [6.07, 6.45) is 3.77. The maximum absolute atomic E-state index is 6.44. The summed E-state index contributed by atoms with van der Waals surface area (Å²) in [6.45, 7) is 4.26. The first-order chi connectivity index (χ1) is 9.16. The van der Waals surface area contributed by atoms with Crippen LogP contribution in [0.2, 0.25) is 0 Å². The van der Waals surface area contributed by atoms with Crippen LogP contribution in [-0.4, -0.2) is 4.98 Å². The van der Waals surface area contributed by atoms with Gasteiger partial charge in [-0.3, -0.25) is 4.98 Å². The molecule has 3 aromatic rings. The lowest BCUT2D eigenvalue weighted by Gasteiger charge is -2.12. The number of fused-ring (bicyclic) bond motifs is 1. The summed E-state index contributed by atoms with van der Waals surface area (Å²) in [7, 11) is 0. The fourth-order valence-corrected chi connectivity index (χ4v) is 3.36. The van der Waals surface area contributed by atoms with Gasteiger partial charge < -0.3 is 5.73 Å². The van der Waals surface area contributed by atoms with Crippen LogP contribution in [0.4, 0.5) is 0 Å². The molecule has 0 aliphatic heterocycles. The number of rotatable bonds is 2. The van der Waals surface area contributed by atoms with Crippen molar-refractivity contribution in [1.29, 1.82) is 0 Å². The number of aromatic nitrogens is 1. The summed E-state index contributed by atoms with van der Waals surface area (Å²) in [6, 6.07) is 10.3. The first-order valence-electron chi connectivity index (χ1n) is 6.32. The van der Waals surface area contributed by atoms with Crippen molar-refractivity contribution in [2.75, 3.05) is 0 Å². The maximum atomic E-state index is 6.44. The van der Waals surface area contributed by atoms with Crippen molar-refractivity contribution in [2.45, 2.75) is 19.9 Å². The zero-order valence-corrected chi connectivity index (χ0v) is 11.9. The van der Waals surface area contributed by atoms with E-state index in [1.165, 1.54) is 20.7 Å². The highest BCUT2D eigenvalue weighted by molar-refractivity contribution is 7.12. The van der Waals surface area contributed by atoms with E-state index in [1.54, 1.807) is 11.3 Å². The smallest absolute Gasteiger partial charge is 0.0667 e. The number of benzene rings is 1. The van der Waals surface area contributed by atoms with Crippen LogP contribution in [0.3, 0.4) is 0 Å². The van der Waals surface area contributed by atoms with Gasteiger partial charge >= 0.3 is 0 Å². The van der Waals surface area contributed by atoms with Gasteiger partial charge in [0.1, 0.15) is 0 Å². The molecule has 1 atom stereocenters. The number of aryl methyl sites for hydroxylation is 2. The van der Waals surface area contributed by atoms with E-state index in [9.17, 15) is 0 Å². The van der Waals surface area contributed by atoms with Crippen molar-refractivity contribution < 1.29 is 0 Å². The second-order valence-electron chi connectivity index (χ2n) is 4.82. The molecule has 0 aliphatic rings. The lowest BCUT2D eigenvalue weighted by molar-refractivity contribution is 0.894. The average molecular weight is 268 g/mol. The van der Waals surface area contributed by atoms with E-state index in [1.807, 2.05) is 24.5 Å². The summed E-state index contributed by atoms with van der Waals surface area (Å²) in [4.78, 5) is 6.85. The molecule has 19 heavy (non-hydrogen) atoms. The number of hydrogen-bond acceptors (Lipinski definition) is 3. The van der Waals surface area contributed by atoms with Crippen LogP contribution in [0.25, 0.3) is 10.8 Å². The van der Waals surface area contributed by atoms with Crippen molar-refractivity contribution in [1.82, 2.24) is 4.98 Å². The Bertz CT molecular complexity index is 706. The topological polar surface area (TPSA) is 38.9 Å². The zero-order valence-electron chi connectivity index (χ0n) is 11.1. The minimum atomic E-state index is -0.101. The maximum Gasteiger partial charge on any atom is 0.0667 e. The normalized spacial score (nSPS) is 12.8. The van der Waals surface area contributed by atoms with Crippen LogP contribution in [0.15, 0.2) is 42.7 Å². The molecule has 0 amide bonds. The molecule has 3 rings (SSSR count). The van der Waals surface area contributed by atoms with Crippen LogP contribution in [0, 0.1) is 13.8 Å². The van der Waals surface area contributed by atoms with E-state index < -0.39 is 0 Å². The van der Waals surface area contributed by atoms with Crippen molar-refractivity contribution in [3.05, 3.63) is 63.6 Å². The molecular weight excluding hydrogens is 252 g/mol. The van der Waals surface area contributed by atoms with Gasteiger partial charge in [-0.05, 0) is 30.9 Å². The van der Waals surface area contributed by atoms with Crippen molar-refractivity contribution in [3.8, 4) is 0 Å². The number of nitrogens with two attached hydrogens (primary N) is 1. The SMILES string of the molecule is Cc1cc(C(N)c2cncc3ccccc23)sc1C. The van der Waals surface area contributed by atoms with Gasteiger partial charge in [0.25, 0.3) is 0 Å². The lowest BCUT2D eigenvalue weighted by atomic mass is 10.0. The van der Waals surface area contributed by atoms with Crippen molar-refractivity contribution in [3.63, 3.8) is 0 Å². The predicted octanol–water partition coefficient (Wildman–Crippen LogP) is 3.96. The Morgan fingerprint density at radius 3 is 2.68 bits per heavy atom. The van der Waals surface area contributed by atoms with Gasteiger partial charge in [0, 0.05) is 33.1 Å². The third-order valence-electron chi connectivity index (χ3n) is 3.53. The highest BCUT2D eigenvalue weighted by Gasteiger charge is 2.15. The second-order valence-corrected chi connectivity index (χ2v) is 6.10. The number of hydrogen-bond donors (Lipinski definition) is 1. The molecule has 0 fully saturated rings. The molecule has 3 heteroatoms. The molecule has 2 aromatic heterocycles. The first kappa shape index (κ1) is 12.3. The minimum Gasteiger partial charge on any atom is -0.320 e. The summed E-state index contributed by atoms with van der Waals surface area (Å²) in [5.41, 5.74) is 8.84.